The number of amides is 1. The zero-order chi connectivity index (χ0) is 23.5. The normalized spacial score (nSPS) is 11.9. The Hall–Kier alpha value is -4.33. The lowest BCUT2D eigenvalue weighted by Gasteiger charge is -2.22. The highest BCUT2D eigenvalue weighted by Crippen LogP contribution is 2.33. The maximum absolute atomic E-state index is 13.4. The molecule has 1 aliphatic heterocycles. The third-order valence-electron chi connectivity index (χ3n) is 5.47. The van der Waals surface area contributed by atoms with Gasteiger partial charge in [-0.05, 0) is 54.1 Å². The van der Waals surface area contributed by atoms with Crippen molar-refractivity contribution in [1.29, 1.82) is 0 Å². The third kappa shape index (κ3) is 4.43. The topological polar surface area (TPSA) is 74.0 Å². The van der Waals surface area contributed by atoms with E-state index in [9.17, 15) is 9.18 Å². The summed E-state index contributed by atoms with van der Waals surface area (Å²) in [5.41, 5.74) is 2.55. The van der Waals surface area contributed by atoms with E-state index in [0.29, 0.717) is 34.3 Å². The minimum Gasteiger partial charge on any atom is -0.496 e. The van der Waals surface area contributed by atoms with Gasteiger partial charge in [-0.2, -0.15) is 0 Å². The van der Waals surface area contributed by atoms with Crippen molar-refractivity contribution in [2.24, 2.45) is 0 Å². The summed E-state index contributed by atoms with van der Waals surface area (Å²) in [4.78, 5) is 15.0. The van der Waals surface area contributed by atoms with Gasteiger partial charge in [-0.1, -0.05) is 23.4 Å². The molecule has 1 aromatic heterocycles. The molecule has 8 heteroatoms. The summed E-state index contributed by atoms with van der Waals surface area (Å²) in [6, 6.07) is 20.2. The molecule has 172 valence electrons. The molecule has 0 saturated carbocycles. The van der Waals surface area contributed by atoms with Crippen LogP contribution in [0, 0.1) is 5.82 Å². The van der Waals surface area contributed by atoms with Crippen LogP contribution in [0.2, 0.25) is 0 Å². The fourth-order valence-corrected chi connectivity index (χ4v) is 3.79. The monoisotopic (exact) mass is 460 g/mol. The molecule has 4 aromatic rings. The van der Waals surface area contributed by atoms with Crippen LogP contribution in [0.5, 0.6) is 17.2 Å². The first kappa shape index (κ1) is 21.5. The number of nitrogens with zero attached hydrogens (tertiary/aromatic N) is 2. The number of aromatic nitrogens is 1. The Labute approximate surface area is 195 Å². The van der Waals surface area contributed by atoms with Crippen molar-refractivity contribution in [3.05, 3.63) is 95.4 Å². The van der Waals surface area contributed by atoms with Gasteiger partial charge in [0.1, 0.15) is 17.3 Å². The number of ether oxygens (including phenoxy) is 3. The SMILES string of the molecule is COc1ccccc1-c1cc(CN(Cc2ccc3c(c2)OCO3)C(=O)c2ccc(F)cc2)no1. The Bertz CT molecular complexity index is 1320. The fraction of sp³-hybridized carbons (Fsp3) is 0.154. The summed E-state index contributed by atoms with van der Waals surface area (Å²) >= 11 is 0. The van der Waals surface area contributed by atoms with Gasteiger partial charge in [-0.15, -0.1) is 0 Å². The molecule has 0 N–H and O–H groups in total. The van der Waals surface area contributed by atoms with Crippen molar-refractivity contribution in [2.75, 3.05) is 13.9 Å². The van der Waals surface area contributed by atoms with E-state index in [-0.39, 0.29) is 25.8 Å². The molecule has 2 heterocycles. The molecule has 5 rings (SSSR count). The molecule has 0 bridgehead atoms. The third-order valence-corrected chi connectivity index (χ3v) is 5.47. The number of halogens is 1. The Morgan fingerprint density at radius 2 is 1.79 bits per heavy atom. The summed E-state index contributed by atoms with van der Waals surface area (Å²) in [6.07, 6.45) is 0. The molecular weight excluding hydrogens is 439 g/mol. The number of carbonyl (C=O) groups excluding carboxylic acids is 1. The average molecular weight is 460 g/mol. The number of para-hydroxylation sites is 1. The Balaban J connectivity index is 1.43. The lowest BCUT2D eigenvalue weighted by atomic mass is 10.1. The van der Waals surface area contributed by atoms with Crippen LogP contribution in [-0.4, -0.2) is 29.9 Å². The molecule has 1 aliphatic rings. The molecule has 1 amide bonds. The predicted octanol–water partition coefficient (Wildman–Crippen LogP) is 5.06. The van der Waals surface area contributed by atoms with Gasteiger partial charge >= 0.3 is 0 Å². The molecule has 0 unspecified atom stereocenters. The molecule has 0 aliphatic carbocycles. The quantitative estimate of drug-likeness (QED) is 0.384. The van der Waals surface area contributed by atoms with Gasteiger partial charge in [-0.3, -0.25) is 4.79 Å². The number of benzene rings is 3. The second-order valence-electron chi connectivity index (χ2n) is 7.74. The molecular formula is C26H21FN2O5. The van der Waals surface area contributed by atoms with Crippen molar-refractivity contribution in [2.45, 2.75) is 13.1 Å². The predicted molar refractivity (Wildman–Crippen MR) is 121 cm³/mol. The number of hydrogen-bond donors (Lipinski definition) is 0. The van der Waals surface area contributed by atoms with E-state index < -0.39 is 5.82 Å². The van der Waals surface area contributed by atoms with Crippen LogP contribution in [0.15, 0.2) is 77.3 Å². The van der Waals surface area contributed by atoms with E-state index in [4.69, 9.17) is 18.7 Å². The summed E-state index contributed by atoms with van der Waals surface area (Å²) < 4.78 is 35.2. The van der Waals surface area contributed by atoms with Gasteiger partial charge in [0.05, 0.1) is 19.2 Å². The van der Waals surface area contributed by atoms with Crippen molar-refractivity contribution in [3.8, 4) is 28.6 Å². The maximum atomic E-state index is 13.4. The highest BCUT2D eigenvalue weighted by molar-refractivity contribution is 5.94. The van der Waals surface area contributed by atoms with E-state index in [1.54, 1.807) is 18.1 Å². The van der Waals surface area contributed by atoms with Crippen molar-refractivity contribution in [3.63, 3.8) is 0 Å². The van der Waals surface area contributed by atoms with Gasteiger partial charge in [-0.25, -0.2) is 4.39 Å². The van der Waals surface area contributed by atoms with E-state index in [0.717, 1.165) is 11.1 Å². The maximum Gasteiger partial charge on any atom is 0.254 e. The van der Waals surface area contributed by atoms with E-state index >= 15 is 0 Å². The van der Waals surface area contributed by atoms with Crippen LogP contribution >= 0.6 is 0 Å². The second kappa shape index (κ2) is 9.27. The summed E-state index contributed by atoms with van der Waals surface area (Å²) in [5.74, 6) is 1.82. The van der Waals surface area contributed by atoms with Gasteiger partial charge < -0.3 is 23.6 Å². The number of hydrogen-bond acceptors (Lipinski definition) is 6. The first-order chi connectivity index (χ1) is 16.6. The molecule has 3 aromatic carbocycles. The smallest absolute Gasteiger partial charge is 0.254 e. The van der Waals surface area contributed by atoms with Crippen LogP contribution < -0.4 is 14.2 Å². The highest BCUT2D eigenvalue weighted by atomic mass is 19.1. The Morgan fingerprint density at radius 3 is 2.62 bits per heavy atom. The fourth-order valence-electron chi connectivity index (χ4n) is 3.79. The summed E-state index contributed by atoms with van der Waals surface area (Å²) in [5, 5.41) is 4.17. The minimum atomic E-state index is -0.406. The van der Waals surface area contributed by atoms with Gasteiger partial charge in [0.25, 0.3) is 5.91 Å². The first-order valence-electron chi connectivity index (χ1n) is 10.6. The van der Waals surface area contributed by atoms with Gasteiger partial charge in [0.2, 0.25) is 6.79 Å². The van der Waals surface area contributed by atoms with Gasteiger partial charge in [0, 0.05) is 18.2 Å². The number of rotatable bonds is 7. The van der Waals surface area contributed by atoms with Crippen molar-refractivity contribution in [1.82, 2.24) is 10.1 Å². The molecule has 0 spiro atoms. The van der Waals surface area contributed by atoms with Crippen molar-refractivity contribution < 1.29 is 27.9 Å². The lowest BCUT2D eigenvalue weighted by Crippen LogP contribution is -2.30. The average Bonchev–Trinajstić information content (AvgIpc) is 3.53. The van der Waals surface area contributed by atoms with Crippen LogP contribution in [-0.2, 0) is 13.1 Å². The zero-order valence-corrected chi connectivity index (χ0v) is 18.4. The molecule has 7 nitrogen and oxygen atoms in total. The zero-order valence-electron chi connectivity index (χ0n) is 18.4. The summed E-state index contributed by atoms with van der Waals surface area (Å²) in [6.45, 7) is 0.634. The molecule has 0 saturated heterocycles. The van der Waals surface area contributed by atoms with Crippen LogP contribution in [0.3, 0.4) is 0 Å². The highest BCUT2D eigenvalue weighted by Gasteiger charge is 2.21. The van der Waals surface area contributed by atoms with E-state index in [1.165, 1.54) is 24.3 Å². The Kier molecular flexibility index (Phi) is 5.86. The second-order valence-corrected chi connectivity index (χ2v) is 7.74. The molecule has 0 fully saturated rings. The number of methoxy groups -OCH3 is 1. The summed E-state index contributed by atoms with van der Waals surface area (Å²) in [7, 11) is 1.59. The van der Waals surface area contributed by atoms with E-state index in [2.05, 4.69) is 5.16 Å². The molecule has 34 heavy (non-hydrogen) atoms. The largest absolute Gasteiger partial charge is 0.496 e. The standard InChI is InChI=1S/C26H21FN2O5/c1-31-22-5-3-2-4-21(22)24-13-20(28-34-24)15-29(26(30)18-7-9-19(27)10-8-18)14-17-6-11-23-25(12-17)33-16-32-23/h2-13H,14-16H2,1H3. The van der Waals surface area contributed by atoms with Crippen LogP contribution in [0.25, 0.3) is 11.3 Å². The van der Waals surface area contributed by atoms with Crippen LogP contribution in [0.4, 0.5) is 4.39 Å². The molecule has 0 atom stereocenters. The van der Waals surface area contributed by atoms with Crippen molar-refractivity contribution >= 4 is 5.91 Å². The minimum absolute atomic E-state index is 0.168. The van der Waals surface area contributed by atoms with Crippen LogP contribution in [0.1, 0.15) is 21.6 Å². The van der Waals surface area contributed by atoms with E-state index in [1.807, 2.05) is 42.5 Å². The molecule has 0 radical (unpaired) electrons. The Morgan fingerprint density at radius 1 is 1.00 bits per heavy atom. The van der Waals surface area contributed by atoms with Gasteiger partial charge in [0.15, 0.2) is 17.3 Å². The number of carbonyl (C=O) groups is 1. The lowest BCUT2D eigenvalue weighted by molar-refractivity contribution is 0.0726. The number of fused-ring (bicyclic) bond motifs is 1. The first-order valence-corrected chi connectivity index (χ1v) is 10.6.